The van der Waals surface area contributed by atoms with E-state index >= 15 is 0 Å². The van der Waals surface area contributed by atoms with Crippen LogP contribution < -0.4 is 0 Å². The lowest BCUT2D eigenvalue weighted by atomic mass is 10.2. The maximum atomic E-state index is 4.38. The Kier molecular flexibility index (Phi) is 3.54. The van der Waals surface area contributed by atoms with Gasteiger partial charge < -0.3 is 4.98 Å². The van der Waals surface area contributed by atoms with Crippen molar-refractivity contribution in [3.8, 4) is 0 Å². The van der Waals surface area contributed by atoms with Crippen molar-refractivity contribution in [1.82, 2.24) is 19.9 Å². The lowest BCUT2D eigenvalue weighted by Crippen LogP contribution is -2.22. The number of hydrogen-bond donors (Lipinski definition) is 1. The van der Waals surface area contributed by atoms with Gasteiger partial charge in [-0.3, -0.25) is 9.88 Å². The minimum Gasteiger partial charge on any atom is -0.345 e. The van der Waals surface area contributed by atoms with E-state index in [1.165, 1.54) is 0 Å². The first kappa shape index (κ1) is 11.8. The fourth-order valence-electron chi connectivity index (χ4n) is 1.81. The number of nitrogens with one attached hydrogen (secondary N) is 1. The highest BCUT2D eigenvalue weighted by atomic mass is 15.1. The zero-order chi connectivity index (χ0) is 12.3. The number of H-pyrrole nitrogens is 1. The van der Waals surface area contributed by atoms with Gasteiger partial charge in [-0.1, -0.05) is 6.07 Å². The van der Waals surface area contributed by atoms with Crippen LogP contribution in [-0.4, -0.2) is 26.9 Å². The van der Waals surface area contributed by atoms with Crippen LogP contribution in [0, 0.1) is 6.92 Å². The second-order valence-corrected chi connectivity index (χ2v) is 4.34. The molecule has 2 rings (SSSR count). The van der Waals surface area contributed by atoms with Crippen molar-refractivity contribution in [2.24, 2.45) is 0 Å². The minimum absolute atomic E-state index is 0.291. The molecule has 0 radical (unpaired) electrons. The number of imidazole rings is 1. The Morgan fingerprint density at radius 1 is 1.35 bits per heavy atom. The van der Waals surface area contributed by atoms with E-state index in [9.17, 15) is 0 Å². The lowest BCUT2D eigenvalue weighted by Gasteiger charge is -2.23. The van der Waals surface area contributed by atoms with Gasteiger partial charge in [-0.05, 0) is 33.0 Å². The first-order valence-corrected chi connectivity index (χ1v) is 5.78. The summed E-state index contributed by atoms with van der Waals surface area (Å²) < 4.78 is 0. The monoisotopic (exact) mass is 230 g/mol. The first-order valence-electron chi connectivity index (χ1n) is 5.78. The maximum absolute atomic E-state index is 4.38. The molecular weight excluding hydrogens is 212 g/mol. The number of rotatable bonds is 4. The van der Waals surface area contributed by atoms with E-state index in [4.69, 9.17) is 0 Å². The zero-order valence-corrected chi connectivity index (χ0v) is 10.5. The smallest absolute Gasteiger partial charge is 0.103 e. The molecule has 1 atom stereocenters. The van der Waals surface area contributed by atoms with Crippen LogP contribution in [0.3, 0.4) is 0 Å². The summed E-state index contributed by atoms with van der Waals surface area (Å²) in [7, 11) is 2.09. The molecule has 4 heteroatoms. The van der Waals surface area contributed by atoms with Crippen LogP contribution in [-0.2, 0) is 6.54 Å². The van der Waals surface area contributed by atoms with Crippen molar-refractivity contribution in [2.75, 3.05) is 7.05 Å². The Bertz CT molecular complexity index is 463. The molecule has 0 aliphatic rings. The van der Waals surface area contributed by atoms with Gasteiger partial charge in [0.1, 0.15) is 5.82 Å². The topological polar surface area (TPSA) is 44.8 Å². The van der Waals surface area contributed by atoms with Gasteiger partial charge >= 0.3 is 0 Å². The van der Waals surface area contributed by atoms with E-state index in [0.717, 1.165) is 23.8 Å². The normalized spacial score (nSPS) is 12.9. The van der Waals surface area contributed by atoms with Crippen molar-refractivity contribution in [3.63, 3.8) is 0 Å². The van der Waals surface area contributed by atoms with Crippen LogP contribution in [0.4, 0.5) is 0 Å². The van der Waals surface area contributed by atoms with Crippen molar-refractivity contribution in [2.45, 2.75) is 26.4 Å². The molecule has 0 spiro atoms. The third kappa shape index (κ3) is 2.91. The van der Waals surface area contributed by atoms with Gasteiger partial charge in [0.15, 0.2) is 0 Å². The van der Waals surface area contributed by atoms with Crippen molar-refractivity contribution in [3.05, 3.63) is 47.8 Å². The van der Waals surface area contributed by atoms with Crippen LogP contribution in [0.15, 0.2) is 30.6 Å². The largest absolute Gasteiger partial charge is 0.345 e. The van der Waals surface area contributed by atoms with Crippen LogP contribution in [0.25, 0.3) is 0 Å². The number of aryl methyl sites for hydroxylation is 1. The molecule has 0 aliphatic heterocycles. The first-order chi connectivity index (χ1) is 8.16. The molecule has 0 aliphatic carbocycles. The van der Waals surface area contributed by atoms with Crippen LogP contribution >= 0.6 is 0 Å². The highest BCUT2D eigenvalue weighted by molar-refractivity contribution is 5.08. The molecule has 2 heterocycles. The van der Waals surface area contributed by atoms with Gasteiger partial charge in [-0.15, -0.1) is 0 Å². The number of aromatic amines is 1. The van der Waals surface area contributed by atoms with Crippen LogP contribution in [0.2, 0.25) is 0 Å². The Labute approximate surface area is 102 Å². The number of hydrogen-bond acceptors (Lipinski definition) is 3. The third-order valence-electron chi connectivity index (χ3n) is 2.95. The van der Waals surface area contributed by atoms with Crippen LogP contribution in [0.1, 0.15) is 30.2 Å². The Hall–Kier alpha value is -1.68. The summed E-state index contributed by atoms with van der Waals surface area (Å²) in [5.41, 5.74) is 2.22. The summed E-state index contributed by atoms with van der Waals surface area (Å²) in [4.78, 5) is 14.1. The second-order valence-electron chi connectivity index (χ2n) is 4.34. The molecule has 4 nitrogen and oxygen atoms in total. The lowest BCUT2D eigenvalue weighted by molar-refractivity contribution is 0.246. The number of aromatic nitrogens is 3. The quantitative estimate of drug-likeness (QED) is 0.876. The molecule has 17 heavy (non-hydrogen) atoms. The van der Waals surface area contributed by atoms with Gasteiger partial charge in [0.25, 0.3) is 0 Å². The van der Waals surface area contributed by atoms with Gasteiger partial charge in [0.05, 0.1) is 5.69 Å². The standard InChI is InChI=1S/C13H18N4/c1-10(13-6-4-5-7-14-13)17(3)9-12-8-15-11(2)16-12/h4-8,10H,9H2,1-3H3,(H,15,16)/t10-/m0/s1. The molecule has 0 bridgehead atoms. The number of nitrogens with zero attached hydrogens (tertiary/aromatic N) is 3. The van der Waals surface area contributed by atoms with E-state index in [1.54, 1.807) is 0 Å². The molecule has 0 saturated carbocycles. The zero-order valence-electron chi connectivity index (χ0n) is 10.5. The van der Waals surface area contributed by atoms with Crippen molar-refractivity contribution in [1.29, 1.82) is 0 Å². The van der Waals surface area contributed by atoms with Crippen LogP contribution in [0.5, 0.6) is 0 Å². The summed E-state index contributed by atoms with van der Waals surface area (Å²) in [6.07, 6.45) is 3.72. The van der Waals surface area contributed by atoms with E-state index < -0.39 is 0 Å². The van der Waals surface area contributed by atoms with E-state index in [2.05, 4.69) is 39.9 Å². The minimum atomic E-state index is 0.291. The molecule has 1 N–H and O–H groups in total. The molecule has 2 aromatic rings. The van der Waals surface area contributed by atoms with Crippen molar-refractivity contribution < 1.29 is 0 Å². The molecular formula is C13H18N4. The molecule has 0 amide bonds. The highest BCUT2D eigenvalue weighted by Gasteiger charge is 2.13. The Morgan fingerprint density at radius 2 is 2.18 bits per heavy atom. The summed E-state index contributed by atoms with van der Waals surface area (Å²) in [5, 5.41) is 0. The average molecular weight is 230 g/mol. The maximum Gasteiger partial charge on any atom is 0.103 e. The average Bonchev–Trinajstić information content (AvgIpc) is 2.75. The molecule has 2 aromatic heterocycles. The highest BCUT2D eigenvalue weighted by Crippen LogP contribution is 2.17. The van der Waals surface area contributed by atoms with E-state index in [1.807, 2.05) is 31.5 Å². The summed E-state index contributed by atoms with van der Waals surface area (Å²) >= 11 is 0. The molecule has 0 saturated heterocycles. The number of pyridine rings is 1. The van der Waals surface area contributed by atoms with Gasteiger partial charge in [0, 0.05) is 30.7 Å². The predicted octanol–water partition coefficient (Wildman–Crippen LogP) is 2.31. The SMILES string of the molecule is Cc1ncc(CN(C)[C@@H](C)c2ccccn2)[nH]1. The van der Waals surface area contributed by atoms with Gasteiger partial charge in [-0.2, -0.15) is 0 Å². The fraction of sp³-hybridized carbons (Fsp3) is 0.385. The summed E-state index contributed by atoms with van der Waals surface area (Å²) in [6, 6.07) is 6.31. The van der Waals surface area contributed by atoms with E-state index in [0.29, 0.717) is 6.04 Å². The van der Waals surface area contributed by atoms with Crippen molar-refractivity contribution >= 4 is 0 Å². The Morgan fingerprint density at radius 3 is 2.76 bits per heavy atom. The molecule has 90 valence electrons. The molecule has 0 fully saturated rings. The fourth-order valence-corrected chi connectivity index (χ4v) is 1.81. The molecule has 0 aromatic carbocycles. The Balaban J connectivity index is 2.03. The van der Waals surface area contributed by atoms with E-state index in [-0.39, 0.29) is 0 Å². The van der Waals surface area contributed by atoms with Gasteiger partial charge in [0.2, 0.25) is 0 Å². The third-order valence-corrected chi connectivity index (χ3v) is 2.95. The summed E-state index contributed by atoms with van der Waals surface area (Å²) in [6.45, 7) is 4.97. The van der Waals surface area contributed by atoms with Gasteiger partial charge in [-0.25, -0.2) is 4.98 Å². The predicted molar refractivity (Wildman–Crippen MR) is 67.4 cm³/mol. The molecule has 0 unspecified atom stereocenters. The second kappa shape index (κ2) is 5.10. The summed E-state index contributed by atoms with van der Waals surface area (Å²) in [5.74, 6) is 0.957.